The van der Waals surface area contributed by atoms with Crippen molar-refractivity contribution in [1.29, 1.82) is 0 Å². The summed E-state index contributed by atoms with van der Waals surface area (Å²) in [6.45, 7) is 1.48. The molecule has 1 atom stereocenters. The zero-order valence-corrected chi connectivity index (χ0v) is 9.11. The summed E-state index contributed by atoms with van der Waals surface area (Å²) in [5, 5.41) is 10.1. The zero-order valence-electron chi connectivity index (χ0n) is 8.36. The standard InChI is InChI=1S/C10H14ClN3O/c11-9-4-7(12)5-13-10(9)14-3-1-2-8(15)6-14/h4-5,8,15H,1-3,6,12H2. The van der Waals surface area contributed by atoms with Gasteiger partial charge in [0.1, 0.15) is 5.82 Å². The van der Waals surface area contributed by atoms with E-state index in [-0.39, 0.29) is 6.10 Å². The molecule has 1 aliphatic rings. The van der Waals surface area contributed by atoms with Gasteiger partial charge >= 0.3 is 0 Å². The highest BCUT2D eigenvalue weighted by Crippen LogP contribution is 2.27. The number of β-amino-alcohol motifs (C(OH)–C–C–N with tert-alkyl or cyclic N) is 1. The Balaban J connectivity index is 2.21. The Hall–Kier alpha value is -1.00. The van der Waals surface area contributed by atoms with Gasteiger partial charge in [-0.1, -0.05) is 11.6 Å². The fourth-order valence-electron chi connectivity index (χ4n) is 1.83. The SMILES string of the molecule is Nc1cnc(N2CCCC(O)C2)c(Cl)c1. The molecule has 0 aromatic carbocycles. The van der Waals surface area contributed by atoms with E-state index in [2.05, 4.69) is 4.98 Å². The minimum atomic E-state index is -0.283. The molecular weight excluding hydrogens is 214 g/mol. The number of aromatic nitrogens is 1. The van der Waals surface area contributed by atoms with Gasteiger partial charge in [0.05, 0.1) is 23.0 Å². The molecule has 1 unspecified atom stereocenters. The third-order valence-corrected chi connectivity index (χ3v) is 2.82. The quantitative estimate of drug-likeness (QED) is 0.759. The first-order valence-corrected chi connectivity index (χ1v) is 5.38. The molecule has 0 radical (unpaired) electrons. The molecule has 0 amide bonds. The molecule has 5 heteroatoms. The summed E-state index contributed by atoms with van der Waals surface area (Å²) in [5.74, 6) is 0.713. The fourth-order valence-corrected chi connectivity index (χ4v) is 2.12. The van der Waals surface area contributed by atoms with E-state index in [9.17, 15) is 5.11 Å². The molecule has 1 saturated heterocycles. The topological polar surface area (TPSA) is 62.4 Å². The molecule has 2 rings (SSSR count). The van der Waals surface area contributed by atoms with E-state index >= 15 is 0 Å². The fraction of sp³-hybridized carbons (Fsp3) is 0.500. The van der Waals surface area contributed by atoms with Gasteiger partial charge in [0.25, 0.3) is 0 Å². The van der Waals surface area contributed by atoms with E-state index in [1.807, 2.05) is 4.90 Å². The van der Waals surface area contributed by atoms with Crippen LogP contribution >= 0.6 is 11.6 Å². The lowest BCUT2D eigenvalue weighted by atomic mass is 10.1. The van der Waals surface area contributed by atoms with Gasteiger partial charge in [-0.05, 0) is 18.9 Å². The molecule has 1 fully saturated rings. The smallest absolute Gasteiger partial charge is 0.147 e. The molecule has 0 aliphatic carbocycles. The maximum absolute atomic E-state index is 9.55. The zero-order chi connectivity index (χ0) is 10.8. The lowest BCUT2D eigenvalue weighted by Crippen LogP contribution is -2.38. The number of nitrogen functional groups attached to an aromatic ring is 1. The second kappa shape index (κ2) is 4.24. The number of hydrogen-bond acceptors (Lipinski definition) is 4. The number of piperidine rings is 1. The molecular formula is C10H14ClN3O. The molecule has 0 spiro atoms. The maximum Gasteiger partial charge on any atom is 0.147 e. The minimum absolute atomic E-state index is 0.283. The summed E-state index contributed by atoms with van der Waals surface area (Å²) in [6.07, 6.45) is 3.11. The first-order valence-electron chi connectivity index (χ1n) is 5.01. The van der Waals surface area contributed by atoms with Crippen molar-refractivity contribution in [3.63, 3.8) is 0 Å². The van der Waals surface area contributed by atoms with Crippen molar-refractivity contribution in [3.8, 4) is 0 Å². The normalized spacial score (nSPS) is 21.7. The highest BCUT2D eigenvalue weighted by atomic mass is 35.5. The second-order valence-corrected chi connectivity index (χ2v) is 4.22. The van der Waals surface area contributed by atoms with Crippen molar-refractivity contribution in [1.82, 2.24) is 4.98 Å². The predicted octanol–water partition coefficient (Wildman–Crippen LogP) is 1.28. The number of aliphatic hydroxyl groups excluding tert-OH is 1. The van der Waals surface area contributed by atoms with E-state index in [1.165, 1.54) is 0 Å². The molecule has 3 N–H and O–H groups in total. The van der Waals surface area contributed by atoms with Crippen molar-refractivity contribution in [3.05, 3.63) is 17.3 Å². The molecule has 1 aromatic rings. The van der Waals surface area contributed by atoms with Crippen LogP contribution in [0.4, 0.5) is 11.5 Å². The average Bonchev–Trinajstić information content (AvgIpc) is 2.17. The lowest BCUT2D eigenvalue weighted by molar-refractivity contribution is 0.154. The Bertz CT molecular complexity index is 359. The summed E-state index contributed by atoms with van der Waals surface area (Å²) < 4.78 is 0. The summed E-state index contributed by atoms with van der Waals surface area (Å²) in [5.41, 5.74) is 6.13. The van der Waals surface area contributed by atoms with Gasteiger partial charge in [-0.25, -0.2) is 4.98 Å². The van der Waals surface area contributed by atoms with Crippen LogP contribution in [0.3, 0.4) is 0 Å². The number of nitrogens with zero attached hydrogens (tertiary/aromatic N) is 2. The predicted molar refractivity (Wildman–Crippen MR) is 61.1 cm³/mol. The number of anilines is 2. The van der Waals surface area contributed by atoms with E-state index < -0.39 is 0 Å². The first kappa shape index (κ1) is 10.5. The van der Waals surface area contributed by atoms with Crippen molar-refractivity contribution < 1.29 is 5.11 Å². The van der Waals surface area contributed by atoms with Crippen LogP contribution in [0.2, 0.25) is 5.02 Å². The first-order chi connectivity index (χ1) is 7.16. The second-order valence-electron chi connectivity index (χ2n) is 3.82. The highest BCUT2D eigenvalue weighted by Gasteiger charge is 2.20. The van der Waals surface area contributed by atoms with Gasteiger partial charge in [-0.3, -0.25) is 0 Å². The van der Waals surface area contributed by atoms with Gasteiger partial charge in [-0.15, -0.1) is 0 Å². The van der Waals surface area contributed by atoms with Crippen LogP contribution < -0.4 is 10.6 Å². The van der Waals surface area contributed by atoms with Crippen LogP contribution in [-0.2, 0) is 0 Å². The number of pyridine rings is 1. The Morgan fingerprint density at radius 3 is 3.07 bits per heavy atom. The summed E-state index contributed by atoms with van der Waals surface area (Å²) in [4.78, 5) is 6.19. The Labute approximate surface area is 93.7 Å². The Morgan fingerprint density at radius 1 is 1.60 bits per heavy atom. The summed E-state index contributed by atoms with van der Waals surface area (Å²) in [7, 11) is 0. The third-order valence-electron chi connectivity index (χ3n) is 2.54. The molecule has 4 nitrogen and oxygen atoms in total. The van der Waals surface area contributed by atoms with E-state index in [4.69, 9.17) is 17.3 Å². The van der Waals surface area contributed by atoms with Crippen LogP contribution in [0, 0.1) is 0 Å². The molecule has 2 heterocycles. The molecule has 0 bridgehead atoms. The van der Waals surface area contributed by atoms with Crippen LogP contribution in [-0.4, -0.2) is 29.3 Å². The number of nitrogens with two attached hydrogens (primary N) is 1. The number of aliphatic hydroxyl groups is 1. The van der Waals surface area contributed by atoms with Gasteiger partial charge in [0, 0.05) is 13.1 Å². The van der Waals surface area contributed by atoms with Crippen LogP contribution in [0.5, 0.6) is 0 Å². The van der Waals surface area contributed by atoms with Gasteiger partial charge in [0.15, 0.2) is 0 Å². The van der Waals surface area contributed by atoms with Gasteiger partial charge in [-0.2, -0.15) is 0 Å². The van der Waals surface area contributed by atoms with Crippen LogP contribution in [0.15, 0.2) is 12.3 Å². The lowest BCUT2D eigenvalue weighted by Gasteiger charge is -2.31. The third kappa shape index (κ3) is 2.33. The minimum Gasteiger partial charge on any atom is -0.397 e. The van der Waals surface area contributed by atoms with Crippen LogP contribution in [0.1, 0.15) is 12.8 Å². The van der Waals surface area contributed by atoms with Crippen molar-refractivity contribution in [2.75, 3.05) is 23.7 Å². The van der Waals surface area contributed by atoms with Crippen molar-refractivity contribution >= 4 is 23.1 Å². The number of rotatable bonds is 1. The number of hydrogen-bond donors (Lipinski definition) is 2. The van der Waals surface area contributed by atoms with Crippen molar-refractivity contribution in [2.24, 2.45) is 0 Å². The molecule has 15 heavy (non-hydrogen) atoms. The monoisotopic (exact) mass is 227 g/mol. The average molecular weight is 228 g/mol. The van der Waals surface area contributed by atoms with E-state index in [0.29, 0.717) is 23.1 Å². The maximum atomic E-state index is 9.55. The van der Waals surface area contributed by atoms with E-state index in [1.54, 1.807) is 12.3 Å². The molecule has 0 saturated carbocycles. The summed E-state index contributed by atoms with van der Waals surface area (Å²) >= 11 is 6.04. The van der Waals surface area contributed by atoms with E-state index in [0.717, 1.165) is 19.4 Å². The highest BCUT2D eigenvalue weighted by molar-refractivity contribution is 6.33. The van der Waals surface area contributed by atoms with Gasteiger partial charge in [0.2, 0.25) is 0 Å². The molecule has 82 valence electrons. The Morgan fingerprint density at radius 2 is 2.40 bits per heavy atom. The Kier molecular flexibility index (Phi) is 2.98. The van der Waals surface area contributed by atoms with Gasteiger partial charge < -0.3 is 15.7 Å². The van der Waals surface area contributed by atoms with Crippen LogP contribution in [0.25, 0.3) is 0 Å². The molecule has 1 aliphatic heterocycles. The summed E-state index contributed by atoms with van der Waals surface area (Å²) in [6, 6.07) is 1.69. The van der Waals surface area contributed by atoms with Crippen molar-refractivity contribution in [2.45, 2.75) is 18.9 Å². The molecule has 1 aromatic heterocycles. The number of halogens is 1. The largest absolute Gasteiger partial charge is 0.397 e.